The predicted octanol–water partition coefficient (Wildman–Crippen LogP) is 4.63. The molecule has 0 aliphatic heterocycles. The quantitative estimate of drug-likeness (QED) is 0.614. The number of nitro benzene ring substituents is 1. The van der Waals surface area contributed by atoms with E-state index in [0.717, 1.165) is 15.7 Å². The zero-order valence-corrected chi connectivity index (χ0v) is 13.4. The van der Waals surface area contributed by atoms with Gasteiger partial charge in [-0.05, 0) is 29.8 Å². The first kappa shape index (κ1) is 15.6. The minimum Gasteiger partial charge on any atom is -0.490 e. The molecule has 0 aliphatic rings. The SMILES string of the molecule is COc1ccc(CNc2ccc(Br)cc2Cl)cc1[N+](=O)[O-]. The Kier molecular flexibility index (Phi) is 5.03. The summed E-state index contributed by atoms with van der Waals surface area (Å²) in [6.07, 6.45) is 0. The normalized spacial score (nSPS) is 10.2. The first-order valence-corrected chi connectivity index (χ1v) is 7.18. The number of ether oxygens (including phenoxy) is 1. The molecule has 0 aliphatic carbocycles. The van der Waals surface area contributed by atoms with Crippen LogP contribution in [-0.2, 0) is 6.54 Å². The van der Waals surface area contributed by atoms with E-state index in [0.29, 0.717) is 11.6 Å². The van der Waals surface area contributed by atoms with E-state index in [4.69, 9.17) is 16.3 Å². The predicted molar refractivity (Wildman–Crippen MR) is 86.1 cm³/mol. The van der Waals surface area contributed by atoms with Crippen LogP contribution in [0.15, 0.2) is 40.9 Å². The largest absolute Gasteiger partial charge is 0.490 e. The van der Waals surface area contributed by atoms with Gasteiger partial charge in [0.25, 0.3) is 0 Å². The Hall–Kier alpha value is -1.79. The maximum absolute atomic E-state index is 11.0. The van der Waals surface area contributed by atoms with Crippen molar-refractivity contribution >= 4 is 38.9 Å². The summed E-state index contributed by atoms with van der Waals surface area (Å²) >= 11 is 9.44. The first-order chi connectivity index (χ1) is 10.0. The molecule has 0 fully saturated rings. The lowest BCUT2D eigenvalue weighted by Gasteiger charge is -2.09. The fourth-order valence-corrected chi connectivity index (χ4v) is 2.56. The van der Waals surface area contributed by atoms with Crippen LogP contribution in [0, 0.1) is 10.1 Å². The van der Waals surface area contributed by atoms with Gasteiger partial charge >= 0.3 is 5.69 Å². The molecular formula is C14H12BrClN2O3. The van der Waals surface area contributed by atoms with Gasteiger partial charge in [-0.1, -0.05) is 33.6 Å². The Balaban J connectivity index is 2.16. The summed E-state index contributed by atoms with van der Waals surface area (Å²) in [5.74, 6) is 0.241. The molecule has 0 aromatic heterocycles. The topological polar surface area (TPSA) is 64.4 Å². The molecule has 5 nitrogen and oxygen atoms in total. The first-order valence-electron chi connectivity index (χ1n) is 6.01. The second kappa shape index (κ2) is 6.78. The fourth-order valence-electron chi connectivity index (χ4n) is 1.82. The highest BCUT2D eigenvalue weighted by atomic mass is 79.9. The lowest BCUT2D eigenvalue weighted by atomic mass is 10.2. The second-order valence-corrected chi connectivity index (χ2v) is 5.56. The van der Waals surface area contributed by atoms with Crippen molar-refractivity contribution in [2.75, 3.05) is 12.4 Å². The van der Waals surface area contributed by atoms with Crippen LogP contribution in [0.4, 0.5) is 11.4 Å². The highest BCUT2D eigenvalue weighted by Gasteiger charge is 2.15. The molecule has 7 heteroatoms. The zero-order valence-electron chi connectivity index (χ0n) is 11.1. The number of anilines is 1. The lowest BCUT2D eigenvalue weighted by Crippen LogP contribution is -2.01. The molecule has 110 valence electrons. The Morgan fingerprint density at radius 1 is 1.33 bits per heavy atom. The van der Waals surface area contributed by atoms with E-state index in [9.17, 15) is 10.1 Å². The number of nitrogens with one attached hydrogen (secondary N) is 1. The Labute approximate surface area is 135 Å². The number of benzene rings is 2. The van der Waals surface area contributed by atoms with Crippen LogP contribution in [0.1, 0.15) is 5.56 Å². The van der Waals surface area contributed by atoms with E-state index in [1.165, 1.54) is 13.2 Å². The molecule has 0 radical (unpaired) electrons. The number of nitro groups is 1. The summed E-state index contributed by atoms with van der Waals surface area (Å²) in [5, 5.41) is 14.7. The molecule has 2 rings (SSSR count). The zero-order chi connectivity index (χ0) is 15.4. The van der Waals surface area contributed by atoms with Gasteiger partial charge in [0.05, 0.1) is 22.7 Å². The van der Waals surface area contributed by atoms with Crippen molar-refractivity contribution in [3.05, 3.63) is 61.6 Å². The van der Waals surface area contributed by atoms with Gasteiger partial charge in [0.2, 0.25) is 0 Å². The molecule has 2 aromatic rings. The van der Waals surface area contributed by atoms with Crippen LogP contribution in [0.25, 0.3) is 0 Å². The third-order valence-corrected chi connectivity index (χ3v) is 3.66. The second-order valence-electron chi connectivity index (χ2n) is 4.24. The fraction of sp³-hybridized carbons (Fsp3) is 0.143. The van der Waals surface area contributed by atoms with Gasteiger partial charge in [-0.15, -0.1) is 0 Å². The molecule has 0 spiro atoms. The monoisotopic (exact) mass is 370 g/mol. The summed E-state index contributed by atoms with van der Waals surface area (Å²) in [6, 6.07) is 10.3. The van der Waals surface area contributed by atoms with Gasteiger partial charge in [-0.2, -0.15) is 0 Å². The molecule has 0 saturated carbocycles. The number of methoxy groups -OCH3 is 1. The number of hydrogen-bond acceptors (Lipinski definition) is 4. The number of nitrogens with zero attached hydrogens (tertiary/aromatic N) is 1. The average molecular weight is 372 g/mol. The van der Waals surface area contributed by atoms with Crippen molar-refractivity contribution < 1.29 is 9.66 Å². The van der Waals surface area contributed by atoms with Crippen molar-refractivity contribution in [2.24, 2.45) is 0 Å². The van der Waals surface area contributed by atoms with Gasteiger partial charge in [-0.3, -0.25) is 10.1 Å². The van der Waals surface area contributed by atoms with Crippen LogP contribution in [0.3, 0.4) is 0 Å². The molecule has 21 heavy (non-hydrogen) atoms. The maximum Gasteiger partial charge on any atom is 0.311 e. The van der Waals surface area contributed by atoms with Crippen LogP contribution >= 0.6 is 27.5 Å². The number of halogens is 2. The van der Waals surface area contributed by atoms with Crippen molar-refractivity contribution in [2.45, 2.75) is 6.54 Å². The van der Waals surface area contributed by atoms with E-state index in [2.05, 4.69) is 21.2 Å². The Bertz CT molecular complexity index is 679. The van der Waals surface area contributed by atoms with Gasteiger partial charge < -0.3 is 10.1 Å². The molecule has 1 N–H and O–H groups in total. The van der Waals surface area contributed by atoms with Crippen LogP contribution < -0.4 is 10.1 Å². The average Bonchev–Trinajstić information content (AvgIpc) is 2.46. The minimum atomic E-state index is -0.463. The summed E-state index contributed by atoms with van der Waals surface area (Å²) in [4.78, 5) is 10.5. The molecule has 0 atom stereocenters. The van der Waals surface area contributed by atoms with Crippen molar-refractivity contribution in [1.29, 1.82) is 0 Å². The summed E-state index contributed by atoms with van der Waals surface area (Å²) in [6.45, 7) is 0.423. The molecule has 0 heterocycles. The molecular weight excluding hydrogens is 360 g/mol. The maximum atomic E-state index is 11.0. The van der Waals surface area contributed by atoms with Gasteiger partial charge in [0.1, 0.15) is 0 Å². The number of rotatable bonds is 5. The highest BCUT2D eigenvalue weighted by Crippen LogP contribution is 2.29. The minimum absolute atomic E-state index is 0.0568. The third-order valence-electron chi connectivity index (χ3n) is 2.85. The Morgan fingerprint density at radius 3 is 2.71 bits per heavy atom. The van der Waals surface area contributed by atoms with Crippen molar-refractivity contribution in [3.8, 4) is 5.75 Å². The third kappa shape index (κ3) is 3.86. The van der Waals surface area contributed by atoms with Crippen LogP contribution in [0.5, 0.6) is 5.75 Å². The van der Waals surface area contributed by atoms with Crippen molar-refractivity contribution in [3.63, 3.8) is 0 Å². The molecule has 0 unspecified atom stereocenters. The summed E-state index contributed by atoms with van der Waals surface area (Å²) in [7, 11) is 1.40. The van der Waals surface area contributed by atoms with E-state index in [1.807, 2.05) is 12.1 Å². The summed E-state index contributed by atoms with van der Waals surface area (Å²) in [5.41, 5.74) is 1.47. The van der Waals surface area contributed by atoms with Crippen LogP contribution in [0.2, 0.25) is 5.02 Å². The highest BCUT2D eigenvalue weighted by molar-refractivity contribution is 9.10. The molecule has 0 saturated heterocycles. The van der Waals surface area contributed by atoms with Gasteiger partial charge in [0.15, 0.2) is 5.75 Å². The van der Waals surface area contributed by atoms with E-state index in [1.54, 1.807) is 18.2 Å². The standard InChI is InChI=1S/C14H12BrClN2O3/c1-21-14-5-2-9(6-13(14)18(19)20)8-17-12-4-3-10(15)7-11(12)16/h2-7,17H,8H2,1H3. The van der Waals surface area contributed by atoms with Gasteiger partial charge in [0, 0.05) is 17.1 Å². The van der Waals surface area contributed by atoms with Gasteiger partial charge in [-0.25, -0.2) is 0 Å². The van der Waals surface area contributed by atoms with E-state index < -0.39 is 4.92 Å². The van der Waals surface area contributed by atoms with E-state index in [-0.39, 0.29) is 11.4 Å². The lowest BCUT2D eigenvalue weighted by molar-refractivity contribution is -0.385. The van der Waals surface area contributed by atoms with Crippen molar-refractivity contribution in [1.82, 2.24) is 0 Å². The molecule has 0 amide bonds. The number of hydrogen-bond donors (Lipinski definition) is 1. The summed E-state index contributed by atoms with van der Waals surface area (Å²) < 4.78 is 5.86. The Morgan fingerprint density at radius 2 is 2.10 bits per heavy atom. The molecule has 2 aromatic carbocycles. The van der Waals surface area contributed by atoms with E-state index >= 15 is 0 Å². The molecule has 0 bridgehead atoms. The smallest absolute Gasteiger partial charge is 0.311 e. The van der Waals surface area contributed by atoms with Crippen LogP contribution in [-0.4, -0.2) is 12.0 Å².